The summed E-state index contributed by atoms with van der Waals surface area (Å²) in [5.74, 6) is 1.65. The van der Waals surface area contributed by atoms with E-state index < -0.39 is 0 Å². The Morgan fingerprint density at radius 3 is 2.44 bits per heavy atom. The van der Waals surface area contributed by atoms with Crippen LogP contribution in [0.3, 0.4) is 0 Å². The highest BCUT2D eigenvalue weighted by Gasteiger charge is 2.16. The highest BCUT2D eigenvalue weighted by atomic mass is 35.5. The zero-order chi connectivity index (χ0) is 18.2. The molecule has 1 fully saturated rings. The zero-order valence-corrected chi connectivity index (χ0v) is 17.5. The van der Waals surface area contributed by atoms with Gasteiger partial charge in [0, 0.05) is 23.2 Å². The van der Waals surface area contributed by atoms with Gasteiger partial charge in [-0.1, -0.05) is 55.1 Å². The van der Waals surface area contributed by atoms with E-state index in [2.05, 4.69) is 11.4 Å². The van der Waals surface area contributed by atoms with Gasteiger partial charge in [-0.05, 0) is 43.5 Å². The molecule has 0 aliphatic heterocycles. The number of para-hydroxylation sites is 1. The number of hydrogen-bond acceptors (Lipinski definition) is 3. The normalized spacial score (nSPS) is 14.4. The second-order valence-electron chi connectivity index (χ2n) is 6.81. The van der Waals surface area contributed by atoms with E-state index in [0.717, 1.165) is 34.2 Å². The van der Waals surface area contributed by atoms with E-state index in [1.807, 2.05) is 43.3 Å². The van der Waals surface area contributed by atoms with Crippen molar-refractivity contribution in [3.05, 3.63) is 58.6 Å². The molecular formula is C22H29Cl2NO2. The molecule has 0 saturated heterocycles. The van der Waals surface area contributed by atoms with Crippen LogP contribution in [0.15, 0.2) is 42.5 Å². The van der Waals surface area contributed by atoms with Crippen molar-refractivity contribution in [2.75, 3.05) is 6.61 Å². The van der Waals surface area contributed by atoms with Crippen molar-refractivity contribution < 1.29 is 9.47 Å². The number of nitrogens with one attached hydrogen (secondary N) is 1. The van der Waals surface area contributed by atoms with Gasteiger partial charge in [0.2, 0.25) is 0 Å². The van der Waals surface area contributed by atoms with Gasteiger partial charge in [-0.15, -0.1) is 12.4 Å². The van der Waals surface area contributed by atoms with Crippen LogP contribution in [-0.2, 0) is 13.2 Å². The smallest absolute Gasteiger partial charge is 0.166 e. The molecule has 2 aromatic rings. The van der Waals surface area contributed by atoms with Gasteiger partial charge in [-0.2, -0.15) is 0 Å². The van der Waals surface area contributed by atoms with E-state index in [4.69, 9.17) is 21.1 Å². The number of hydrogen-bond donors (Lipinski definition) is 1. The minimum atomic E-state index is 0. The molecule has 1 aliphatic rings. The van der Waals surface area contributed by atoms with Gasteiger partial charge in [-0.3, -0.25) is 0 Å². The molecule has 2 aromatic carbocycles. The molecule has 0 atom stereocenters. The first-order valence-electron chi connectivity index (χ1n) is 9.61. The maximum atomic E-state index is 6.18. The molecule has 0 radical (unpaired) electrons. The average molecular weight is 410 g/mol. The molecule has 0 spiro atoms. The van der Waals surface area contributed by atoms with Crippen LogP contribution in [0.2, 0.25) is 5.02 Å². The second-order valence-corrected chi connectivity index (χ2v) is 7.24. The lowest BCUT2D eigenvalue weighted by Crippen LogP contribution is -2.30. The third kappa shape index (κ3) is 6.60. The number of halogens is 2. The maximum Gasteiger partial charge on any atom is 0.166 e. The minimum Gasteiger partial charge on any atom is -0.490 e. The minimum absolute atomic E-state index is 0. The van der Waals surface area contributed by atoms with E-state index in [9.17, 15) is 0 Å². The molecule has 5 heteroatoms. The van der Waals surface area contributed by atoms with Crippen LogP contribution in [0, 0.1) is 0 Å². The van der Waals surface area contributed by atoms with Crippen LogP contribution in [0.4, 0.5) is 0 Å². The number of benzene rings is 2. The quantitative estimate of drug-likeness (QED) is 0.565. The summed E-state index contributed by atoms with van der Waals surface area (Å²) in [5.41, 5.74) is 2.24. The van der Waals surface area contributed by atoms with Crippen LogP contribution in [0.5, 0.6) is 11.5 Å². The molecule has 148 valence electrons. The molecule has 1 N–H and O–H groups in total. The van der Waals surface area contributed by atoms with Crippen molar-refractivity contribution in [1.82, 2.24) is 5.32 Å². The standard InChI is InChI=1S/C22H28ClNO2.ClH/c1-2-25-21-10-6-7-18(15-24-20-8-4-3-5-9-20)22(21)26-16-17-11-13-19(23)14-12-17;/h6-7,10-14,20,24H,2-5,8-9,15-16H2,1H3;1H. The Morgan fingerprint density at radius 2 is 1.74 bits per heavy atom. The van der Waals surface area contributed by atoms with Gasteiger partial charge >= 0.3 is 0 Å². The number of ether oxygens (including phenoxy) is 2. The predicted molar refractivity (Wildman–Crippen MR) is 114 cm³/mol. The Morgan fingerprint density at radius 1 is 1.00 bits per heavy atom. The van der Waals surface area contributed by atoms with Crippen molar-refractivity contribution in [3.8, 4) is 11.5 Å². The maximum absolute atomic E-state index is 6.18. The van der Waals surface area contributed by atoms with Crippen LogP contribution >= 0.6 is 24.0 Å². The van der Waals surface area contributed by atoms with Gasteiger partial charge in [0.15, 0.2) is 11.5 Å². The molecule has 0 heterocycles. The molecule has 0 unspecified atom stereocenters. The van der Waals surface area contributed by atoms with Gasteiger partial charge < -0.3 is 14.8 Å². The summed E-state index contributed by atoms with van der Waals surface area (Å²) in [4.78, 5) is 0. The Bertz CT molecular complexity index is 685. The van der Waals surface area contributed by atoms with Crippen LogP contribution < -0.4 is 14.8 Å². The van der Waals surface area contributed by atoms with Gasteiger partial charge in [-0.25, -0.2) is 0 Å². The summed E-state index contributed by atoms with van der Waals surface area (Å²) in [7, 11) is 0. The molecule has 27 heavy (non-hydrogen) atoms. The van der Waals surface area contributed by atoms with Crippen molar-refractivity contribution in [2.24, 2.45) is 0 Å². The van der Waals surface area contributed by atoms with Crippen LogP contribution in [0.25, 0.3) is 0 Å². The average Bonchev–Trinajstić information content (AvgIpc) is 2.68. The molecule has 3 rings (SSSR count). The SMILES string of the molecule is CCOc1cccc(CNC2CCCCC2)c1OCc1ccc(Cl)cc1.Cl. The molecule has 1 aliphatic carbocycles. The first kappa shape index (κ1) is 21.9. The van der Waals surface area contributed by atoms with E-state index in [-0.39, 0.29) is 12.4 Å². The third-order valence-electron chi connectivity index (χ3n) is 4.84. The lowest BCUT2D eigenvalue weighted by Gasteiger charge is -2.24. The third-order valence-corrected chi connectivity index (χ3v) is 5.10. The highest BCUT2D eigenvalue weighted by molar-refractivity contribution is 6.30. The Balaban J connectivity index is 0.00000261. The molecule has 3 nitrogen and oxygen atoms in total. The summed E-state index contributed by atoms with van der Waals surface area (Å²) in [5, 5.41) is 4.44. The molecule has 1 saturated carbocycles. The summed E-state index contributed by atoms with van der Waals surface area (Å²) in [6, 6.07) is 14.5. The van der Waals surface area contributed by atoms with Gasteiger partial charge in [0.25, 0.3) is 0 Å². The Kier molecular flexibility index (Phi) is 9.26. The summed E-state index contributed by atoms with van der Waals surface area (Å²) in [6.07, 6.45) is 6.57. The van der Waals surface area contributed by atoms with Gasteiger partial charge in [0.1, 0.15) is 6.61 Å². The zero-order valence-electron chi connectivity index (χ0n) is 15.9. The first-order valence-corrected chi connectivity index (χ1v) is 9.99. The highest BCUT2D eigenvalue weighted by Crippen LogP contribution is 2.32. The van der Waals surface area contributed by atoms with Gasteiger partial charge in [0.05, 0.1) is 6.61 Å². The van der Waals surface area contributed by atoms with E-state index >= 15 is 0 Å². The molecular weight excluding hydrogens is 381 g/mol. The van der Waals surface area contributed by atoms with Crippen molar-refractivity contribution in [3.63, 3.8) is 0 Å². The largest absolute Gasteiger partial charge is 0.490 e. The lowest BCUT2D eigenvalue weighted by molar-refractivity contribution is 0.265. The fourth-order valence-electron chi connectivity index (χ4n) is 3.43. The van der Waals surface area contributed by atoms with E-state index in [1.165, 1.54) is 32.1 Å². The lowest BCUT2D eigenvalue weighted by atomic mass is 9.95. The van der Waals surface area contributed by atoms with Crippen molar-refractivity contribution in [2.45, 2.75) is 58.2 Å². The summed E-state index contributed by atoms with van der Waals surface area (Å²) >= 11 is 5.97. The second kappa shape index (κ2) is 11.4. The monoisotopic (exact) mass is 409 g/mol. The van der Waals surface area contributed by atoms with Crippen molar-refractivity contribution in [1.29, 1.82) is 0 Å². The Hall–Kier alpha value is -1.42. The summed E-state index contributed by atoms with van der Waals surface area (Å²) in [6.45, 7) is 3.92. The molecule has 0 aromatic heterocycles. The first-order chi connectivity index (χ1) is 12.8. The van der Waals surface area contributed by atoms with Crippen molar-refractivity contribution >= 4 is 24.0 Å². The fraction of sp³-hybridized carbons (Fsp3) is 0.455. The topological polar surface area (TPSA) is 30.5 Å². The summed E-state index contributed by atoms with van der Waals surface area (Å²) < 4.78 is 12.0. The fourth-order valence-corrected chi connectivity index (χ4v) is 3.56. The van der Waals surface area contributed by atoms with Crippen LogP contribution in [-0.4, -0.2) is 12.6 Å². The van der Waals surface area contributed by atoms with Crippen LogP contribution in [0.1, 0.15) is 50.2 Å². The molecule has 0 bridgehead atoms. The van der Waals surface area contributed by atoms with E-state index in [0.29, 0.717) is 19.3 Å². The van der Waals surface area contributed by atoms with E-state index in [1.54, 1.807) is 0 Å². The Labute approximate surface area is 173 Å². The molecule has 0 amide bonds. The predicted octanol–water partition coefficient (Wildman–Crippen LogP) is 6.16. The number of rotatable bonds is 8.